The summed E-state index contributed by atoms with van der Waals surface area (Å²) in [7, 11) is -3.62. The topological polar surface area (TPSA) is 109 Å². The van der Waals surface area contributed by atoms with Gasteiger partial charge in [0, 0.05) is 42.0 Å². The molecule has 0 bridgehead atoms. The molecule has 8 nitrogen and oxygen atoms in total. The second-order valence-corrected chi connectivity index (χ2v) is 10.1. The van der Waals surface area contributed by atoms with Crippen LogP contribution in [0.3, 0.4) is 0 Å². The lowest BCUT2D eigenvalue weighted by Gasteiger charge is -2.21. The van der Waals surface area contributed by atoms with E-state index in [9.17, 15) is 18.0 Å². The number of hydrogen-bond donors (Lipinski definition) is 2. The number of carbonyl (C=O) groups excluding carboxylic acids is 1. The molecule has 3 aromatic rings. The first-order chi connectivity index (χ1) is 16.3. The fourth-order valence-electron chi connectivity index (χ4n) is 4.29. The molecular weight excluding hydrogens is 454 g/mol. The highest BCUT2D eigenvalue weighted by Gasteiger charge is 2.23. The largest absolute Gasteiger partial charge is 0.422 e. The standard InChI is InChI=1S/C25H29N3O5S/c1-3-28(4-2)20-12-9-17-15-22(25(30)33-23(17)16-20)24(29)26-18-10-13-21(14-11-18)34(31,32)27-19-7-5-6-8-19/h9-16,19,27H,3-8H2,1-2H3,(H,26,29). The van der Waals surface area contributed by atoms with Crippen LogP contribution in [0.4, 0.5) is 11.4 Å². The van der Waals surface area contributed by atoms with Gasteiger partial charge >= 0.3 is 5.63 Å². The first-order valence-electron chi connectivity index (χ1n) is 11.6. The highest BCUT2D eigenvalue weighted by Crippen LogP contribution is 2.23. The zero-order chi connectivity index (χ0) is 24.3. The quantitative estimate of drug-likeness (QED) is 0.467. The lowest BCUT2D eigenvalue weighted by atomic mass is 10.1. The molecule has 0 radical (unpaired) electrons. The number of hydrogen-bond acceptors (Lipinski definition) is 6. The lowest BCUT2D eigenvalue weighted by Crippen LogP contribution is -2.32. The van der Waals surface area contributed by atoms with Gasteiger partial charge in [-0.2, -0.15) is 0 Å². The molecule has 1 aliphatic carbocycles. The number of carbonyl (C=O) groups is 1. The molecule has 1 heterocycles. The number of nitrogens with one attached hydrogen (secondary N) is 2. The first-order valence-corrected chi connectivity index (χ1v) is 13.1. The van der Waals surface area contributed by atoms with Crippen molar-refractivity contribution in [2.24, 2.45) is 0 Å². The van der Waals surface area contributed by atoms with Crippen LogP contribution in [0.25, 0.3) is 11.0 Å². The fraction of sp³-hybridized carbons (Fsp3) is 0.360. The minimum atomic E-state index is -3.62. The average Bonchev–Trinajstić information content (AvgIpc) is 3.32. The maximum Gasteiger partial charge on any atom is 0.349 e. The van der Waals surface area contributed by atoms with E-state index in [0.29, 0.717) is 16.7 Å². The molecule has 0 spiro atoms. The van der Waals surface area contributed by atoms with Gasteiger partial charge in [-0.3, -0.25) is 4.79 Å². The summed E-state index contributed by atoms with van der Waals surface area (Å²) < 4.78 is 33.3. The van der Waals surface area contributed by atoms with E-state index >= 15 is 0 Å². The monoisotopic (exact) mass is 483 g/mol. The number of nitrogens with zero attached hydrogens (tertiary/aromatic N) is 1. The second kappa shape index (κ2) is 9.99. The molecule has 1 saturated carbocycles. The average molecular weight is 484 g/mol. The minimum Gasteiger partial charge on any atom is -0.422 e. The van der Waals surface area contributed by atoms with Gasteiger partial charge in [-0.05, 0) is 69.2 Å². The molecule has 1 fully saturated rings. The van der Waals surface area contributed by atoms with E-state index in [0.717, 1.165) is 44.5 Å². The Morgan fingerprint density at radius 2 is 1.71 bits per heavy atom. The smallest absolute Gasteiger partial charge is 0.349 e. The molecular formula is C25H29N3O5S. The van der Waals surface area contributed by atoms with E-state index in [2.05, 4.69) is 14.9 Å². The Morgan fingerprint density at radius 3 is 2.35 bits per heavy atom. The van der Waals surface area contributed by atoms with Crippen molar-refractivity contribution < 1.29 is 17.6 Å². The van der Waals surface area contributed by atoms with Crippen LogP contribution >= 0.6 is 0 Å². The number of anilines is 2. The van der Waals surface area contributed by atoms with Gasteiger partial charge in [0.1, 0.15) is 11.1 Å². The summed E-state index contributed by atoms with van der Waals surface area (Å²) in [4.78, 5) is 27.5. The predicted octanol–water partition coefficient (Wildman–Crippen LogP) is 4.11. The van der Waals surface area contributed by atoms with Gasteiger partial charge in [-0.25, -0.2) is 17.9 Å². The Kier molecular flexibility index (Phi) is 7.04. The molecule has 180 valence electrons. The van der Waals surface area contributed by atoms with E-state index in [4.69, 9.17) is 4.42 Å². The van der Waals surface area contributed by atoms with Crippen LogP contribution in [-0.2, 0) is 10.0 Å². The highest BCUT2D eigenvalue weighted by atomic mass is 32.2. The molecule has 1 aliphatic rings. The number of amides is 1. The number of benzene rings is 2. The lowest BCUT2D eigenvalue weighted by molar-refractivity contribution is 0.102. The van der Waals surface area contributed by atoms with Gasteiger partial charge in [0.05, 0.1) is 4.90 Å². The fourth-order valence-corrected chi connectivity index (χ4v) is 5.60. The molecule has 0 unspecified atom stereocenters. The number of fused-ring (bicyclic) bond motifs is 1. The Hall–Kier alpha value is -3.17. The van der Waals surface area contributed by atoms with Crippen molar-refractivity contribution in [2.45, 2.75) is 50.5 Å². The van der Waals surface area contributed by atoms with E-state index in [1.165, 1.54) is 30.3 Å². The third-order valence-corrected chi connectivity index (χ3v) is 7.73. The molecule has 4 rings (SSSR count). The van der Waals surface area contributed by atoms with E-state index in [1.807, 2.05) is 26.0 Å². The van der Waals surface area contributed by atoms with Crippen LogP contribution in [0.2, 0.25) is 0 Å². The van der Waals surface area contributed by atoms with Crippen molar-refractivity contribution in [3.8, 4) is 0 Å². The van der Waals surface area contributed by atoms with Crippen LogP contribution in [0, 0.1) is 0 Å². The van der Waals surface area contributed by atoms with Crippen LogP contribution in [-0.4, -0.2) is 33.5 Å². The van der Waals surface area contributed by atoms with Crippen molar-refractivity contribution in [3.63, 3.8) is 0 Å². The molecule has 1 aromatic heterocycles. The van der Waals surface area contributed by atoms with Crippen LogP contribution < -0.4 is 20.6 Å². The molecule has 1 amide bonds. The first kappa shape index (κ1) is 24.0. The zero-order valence-electron chi connectivity index (χ0n) is 19.3. The van der Waals surface area contributed by atoms with Gasteiger partial charge in [0.25, 0.3) is 5.91 Å². The normalized spacial score (nSPS) is 14.4. The molecule has 2 aromatic carbocycles. The third-order valence-electron chi connectivity index (χ3n) is 6.19. The van der Waals surface area contributed by atoms with Gasteiger partial charge in [0.15, 0.2) is 0 Å². The van der Waals surface area contributed by atoms with Crippen molar-refractivity contribution in [2.75, 3.05) is 23.3 Å². The summed E-state index contributed by atoms with van der Waals surface area (Å²) in [6.07, 6.45) is 3.74. The van der Waals surface area contributed by atoms with Crippen molar-refractivity contribution in [1.82, 2.24) is 4.72 Å². The molecule has 2 N–H and O–H groups in total. The van der Waals surface area contributed by atoms with Crippen molar-refractivity contribution >= 4 is 38.3 Å². The molecule has 0 aliphatic heterocycles. The molecule has 0 saturated heterocycles. The summed E-state index contributed by atoms with van der Waals surface area (Å²) in [5.41, 5.74) is 0.871. The number of sulfonamides is 1. The summed E-state index contributed by atoms with van der Waals surface area (Å²) in [5, 5.41) is 3.28. The summed E-state index contributed by atoms with van der Waals surface area (Å²) in [6.45, 7) is 5.74. The van der Waals surface area contributed by atoms with Gasteiger partial charge in [0.2, 0.25) is 10.0 Å². The van der Waals surface area contributed by atoms with Crippen LogP contribution in [0.1, 0.15) is 49.9 Å². The molecule has 0 atom stereocenters. The van der Waals surface area contributed by atoms with E-state index in [1.54, 1.807) is 6.07 Å². The maximum atomic E-state index is 12.7. The van der Waals surface area contributed by atoms with Crippen molar-refractivity contribution in [1.29, 1.82) is 0 Å². The maximum absolute atomic E-state index is 12.7. The third kappa shape index (κ3) is 5.15. The van der Waals surface area contributed by atoms with Crippen LogP contribution in [0.5, 0.6) is 0 Å². The summed E-state index contributed by atoms with van der Waals surface area (Å²) in [5.74, 6) is -0.622. The van der Waals surface area contributed by atoms with Gasteiger partial charge < -0.3 is 14.6 Å². The second-order valence-electron chi connectivity index (χ2n) is 8.42. The van der Waals surface area contributed by atoms with Crippen molar-refractivity contribution in [3.05, 3.63) is 64.5 Å². The number of rotatable bonds is 8. The van der Waals surface area contributed by atoms with E-state index in [-0.39, 0.29) is 16.5 Å². The Balaban J connectivity index is 1.50. The Labute approximate surface area is 199 Å². The molecule has 9 heteroatoms. The SMILES string of the molecule is CCN(CC)c1ccc2cc(C(=O)Nc3ccc(S(=O)(=O)NC4CCCC4)cc3)c(=O)oc2c1. The minimum absolute atomic E-state index is 0.0281. The van der Waals surface area contributed by atoms with E-state index < -0.39 is 21.6 Å². The summed E-state index contributed by atoms with van der Waals surface area (Å²) >= 11 is 0. The summed E-state index contributed by atoms with van der Waals surface area (Å²) in [6, 6.07) is 12.9. The zero-order valence-corrected chi connectivity index (χ0v) is 20.2. The predicted molar refractivity (Wildman–Crippen MR) is 133 cm³/mol. The highest BCUT2D eigenvalue weighted by molar-refractivity contribution is 7.89. The van der Waals surface area contributed by atoms with Gasteiger partial charge in [-0.1, -0.05) is 12.8 Å². The van der Waals surface area contributed by atoms with Gasteiger partial charge in [-0.15, -0.1) is 0 Å². The Bertz CT molecular complexity index is 1340. The Morgan fingerprint density at radius 1 is 1.03 bits per heavy atom. The van der Waals surface area contributed by atoms with Crippen LogP contribution in [0.15, 0.2) is 62.6 Å². The molecule has 34 heavy (non-hydrogen) atoms.